The third kappa shape index (κ3) is 3.66. The van der Waals surface area contributed by atoms with Crippen LogP contribution in [0.3, 0.4) is 0 Å². The molecule has 0 aromatic carbocycles. The fraction of sp³-hybridized carbons (Fsp3) is 1.00. The number of hydrogen-bond donors (Lipinski definition) is 1. The Kier molecular flexibility index (Phi) is 4.10. The van der Waals surface area contributed by atoms with Gasteiger partial charge in [0.15, 0.2) is 9.84 Å². The molecule has 2 unspecified atom stereocenters. The second kappa shape index (κ2) is 5.24. The Morgan fingerprint density at radius 3 is 2.41 bits per heavy atom. The molecule has 2 atom stereocenters. The summed E-state index contributed by atoms with van der Waals surface area (Å²) in [6, 6.07) is 0.636. The summed E-state index contributed by atoms with van der Waals surface area (Å²) in [5.41, 5.74) is 0. The summed E-state index contributed by atoms with van der Waals surface area (Å²) >= 11 is 0. The Hall–Kier alpha value is -0.130. The van der Waals surface area contributed by atoms with Crippen molar-refractivity contribution >= 4 is 9.84 Å². The third-order valence-corrected chi connectivity index (χ3v) is 5.97. The van der Waals surface area contributed by atoms with Crippen LogP contribution in [-0.4, -0.2) is 57.0 Å². The van der Waals surface area contributed by atoms with Gasteiger partial charge in [-0.3, -0.25) is 0 Å². The molecular formula is C12H24N2O2S. The molecule has 5 heteroatoms. The number of rotatable bonds is 3. The molecule has 4 nitrogen and oxygen atoms in total. The van der Waals surface area contributed by atoms with Crippen molar-refractivity contribution in [2.75, 3.05) is 31.6 Å². The van der Waals surface area contributed by atoms with Crippen LogP contribution in [0.2, 0.25) is 0 Å². The lowest BCUT2D eigenvalue weighted by Crippen LogP contribution is -2.45. The molecule has 1 N–H and O–H groups in total. The highest BCUT2D eigenvalue weighted by Crippen LogP contribution is 2.21. The van der Waals surface area contributed by atoms with Gasteiger partial charge in [-0.2, -0.15) is 0 Å². The molecule has 2 heterocycles. The van der Waals surface area contributed by atoms with Crippen LogP contribution in [0.5, 0.6) is 0 Å². The summed E-state index contributed by atoms with van der Waals surface area (Å²) in [7, 11) is -0.587. The van der Waals surface area contributed by atoms with Crippen LogP contribution in [0.25, 0.3) is 0 Å². The fourth-order valence-electron chi connectivity index (χ4n) is 2.96. The number of piperidine rings is 1. The predicted octanol–water partition coefficient (Wildman–Crippen LogP) is 0.493. The van der Waals surface area contributed by atoms with Gasteiger partial charge in [0.1, 0.15) is 0 Å². The average Bonchev–Trinajstić information content (AvgIpc) is 2.59. The first-order valence-electron chi connectivity index (χ1n) is 6.61. The summed E-state index contributed by atoms with van der Waals surface area (Å²) < 4.78 is 22.8. The van der Waals surface area contributed by atoms with Crippen molar-refractivity contribution < 1.29 is 8.42 Å². The molecule has 2 rings (SSSR count). The molecular weight excluding hydrogens is 236 g/mol. The molecule has 2 aliphatic rings. The first-order chi connectivity index (χ1) is 7.96. The molecule has 0 spiro atoms. The van der Waals surface area contributed by atoms with Crippen molar-refractivity contribution in [2.45, 2.75) is 38.3 Å². The minimum atomic E-state index is -2.75. The van der Waals surface area contributed by atoms with E-state index in [9.17, 15) is 8.42 Å². The highest BCUT2D eigenvalue weighted by atomic mass is 32.2. The lowest BCUT2D eigenvalue weighted by Gasteiger charge is -2.34. The van der Waals surface area contributed by atoms with E-state index in [4.69, 9.17) is 0 Å². The van der Waals surface area contributed by atoms with Crippen LogP contribution in [-0.2, 0) is 9.84 Å². The zero-order valence-electron chi connectivity index (χ0n) is 10.9. The maximum atomic E-state index is 11.4. The molecule has 2 fully saturated rings. The van der Waals surface area contributed by atoms with Crippen LogP contribution < -0.4 is 5.32 Å². The molecule has 2 saturated heterocycles. The summed E-state index contributed by atoms with van der Waals surface area (Å²) in [4.78, 5) is 2.36. The summed E-state index contributed by atoms with van der Waals surface area (Å²) in [5, 5.41) is 3.52. The highest BCUT2D eigenvalue weighted by molar-refractivity contribution is 7.91. The van der Waals surface area contributed by atoms with Gasteiger partial charge in [0.25, 0.3) is 0 Å². The maximum absolute atomic E-state index is 11.4. The van der Waals surface area contributed by atoms with Crippen molar-refractivity contribution in [3.05, 3.63) is 0 Å². The first-order valence-corrected chi connectivity index (χ1v) is 8.43. The quantitative estimate of drug-likeness (QED) is 0.802. The van der Waals surface area contributed by atoms with Gasteiger partial charge in [-0.25, -0.2) is 8.42 Å². The molecule has 0 bridgehead atoms. The van der Waals surface area contributed by atoms with Gasteiger partial charge in [-0.1, -0.05) is 0 Å². The van der Waals surface area contributed by atoms with E-state index in [0.717, 1.165) is 6.42 Å². The van der Waals surface area contributed by atoms with E-state index in [1.54, 1.807) is 0 Å². The third-order valence-electron chi connectivity index (χ3n) is 4.20. The Labute approximate surface area is 105 Å². The van der Waals surface area contributed by atoms with Gasteiger partial charge in [0, 0.05) is 12.1 Å². The smallest absolute Gasteiger partial charge is 0.151 e. The fourth-order valence-corrected chi connectivity index (χ4v) is 4.65. The number of hydrogen-bond acceptors (Lipinski definition) is 4. The Morgan fingerprint density at radius 2 is 1.88 bits per heavy atom. The van der Waals surface area contributed by atoms with Crippen molar-refractivity contribution in [3.63, 3.8) is 0 Å². The lowest BCUT2D eigenvalue weighted by atomic mass is 9.90. The van der Waals surface area contributed by atoms with Gasteiger partial charge in [0.05, 0.1) is 11.5 Å². The maximum Gasteiger partial charge on any atom is 0.151 e. The van der Waals surface area contributed by atoms with Gasteiger partial charge in [-0.05, 0) is 52.2 Å². The zero-order valence-corrected chi connectivity index (χ0v) is 11.7. The standard InChI is InChI=1S/C12H24N2O2S/c1-10(11-3-6-14(2)7-4-11)13-12-5-8-17(15,16)9-12/h10-13H,3-9H2,1-2H3. The van der Waals surface area contributed by atoms with Crippen LogP contribution >= 0.6 is 0 Å². The van der Waals surface area contributed by atoms with E-state index in [1.165, 1.54) is 25.9 Å². The first kappa shape index (κ1) is 13.3. The van der Waals surface area contributed by atoms with E-state index >= 15 is 0 Å². The molecule has 17 heavy (non-hydrogen) atoms. The van der Waals surface area contributed by atoms with Crippen LogP contribution in [0.4, 0.5) is 0 Å². The van der Waals surface area contributed by atoms with Crippen LogP contribution in [0, 0.1) is 5.92 Å². The van der Waals surface area contributed by atoms with E-state index < -0.39 is 9.84 Å². The Balaban J connectivity index is 1.79. The molecule has 0 saturated carbocycles. The lowest BCUT2D eigenvalue weighted by molar-refractivity contribution is 0.185. The SMILES string of the molecule is CC(NC1CCS(=O)(=O)C1)C1CCN(C)CC1. The van der Waals surface area contributed by atoms with Crippen molar-refractivity contribution in [3.8, 4) is 0 Å². The molecule has 2 aliphatic heterocycles. The highest BCUT2D eigenvalue weighted by Gasteiger charge is 2.30. The molecule has 100 valence electrons. The molecule has 0 radical (unpaired) electrons. The van der Waals surface area contributed by atoms with Crippen molar-refractivity contribution in [2.24, 2.45) is 5.92 Å². The topological polar surface area (TPSA) is 49.4 Å². The minimum Gasteiger partial charge on any atom is -0.310 e. The summed E-state index contributed by atoms with van der Waals surface area (Å²) in [5.74, 6) is 1.41. The van der Waals surface area contributed by atoms with E-state index in [2.05, 4.69) is 24.2 Å². The summed E-state index contributed by atoms with van der Waals surface area (Å²) in [6.45, 7) is 4.54. The molecule has 0 aromatic heterocycles. The van der Waals surface area contributed by atoms with Gasteiger partial charge < -0.3 is 10.2 Å². The second-order valence-corrected chi connectivity index (χ2v) is 7.92. The number of likely N-dealkylation sites (tertiary alicyclic amines) is 1. The average molecular weight is 260 g/mol. The van der Waals surface area contributed by atoms with Gasteiger partial charge in [0.2, 0.25) is 0 Å². The second-order valence-electron chi connectivity index (χ2n) is 5.70. The van der Waals surface area contributed by atoms with Crippen molar-refractivity contribution in [1.82, 2.24) is 10.2 Å². The number of nitrogens with zero attached hydrogens (tertiary/aromatic N) is 1. The Bertz CT molecular complexity index is 348. The number of sulfone groups is 1. The molecule has 0 aliphatic carbocycles. The van der Waals surface area contributed by atoms with Crippen LogP contribution in [0.1, 0.15) is 26.2 Å². The molecule has 0 amide bonds. The van der Waals surface area contributed by atoms with Gasteiger partial charge in [-0.15, -0.1) is 0 Å². The largest absolute Gasteiger partial charge is 0.310 e. The van der Waals surface area contributed by atoms with E-state index in [0.29, 0.717) is 23.5 Å². The van der Waals surface area contributed by atoms with Crippen molar-refractivity contribution in [1.29, 1.82) is 0 Å². The van der Waals surface area contributed by atoms with E-state index in [1.807, 2.05) is 0 Å². The van der Waals surface area contributed by atoms with Gasteiger partial charge >= 0.3 is 0 Å². The summed E-state index contributed by atoms with van der Waals surface area (Å²) in [6.07, 6.45) is 3.24. The number of nitrogens with one attached hydrogen (secondary N) is 1. The van der Waals surface area contributed by atoms with E-state index in [-0.39, 0.29) is 6.04 Å². The molecule has 0 aromatic rings. The predicted molar refractivity (Wildman–Crippen MR) is 69.9 cm³/mol. The Morgan fingerprint density at radius 1 is 1.24 bits per heavy atom. The minimum absolute atomic E-state index is 0.189. The monoisotopic (exact) mass is 260 g/mol. The zero-order chi connectivity index (χ0) is 12.5. The van der Waals surface area contributed by atoms with Crippen LogP contribution in [0.15, 0.2) is 0 Å². The normalized spacial score (nSPS) is 32.7.